The number of rotatable bonds is 6. The van der Waals surface area contributed by atoms with Crippen molar-refractivity contribution in [1.82, 2.24) is 10.2 Å². The third-order valence-corrected chi connectivity index (χ3v) is 3.49. The molecule has 0 saturated heterocycles. The maximum atomic E-state index is 5.56. The van der Waals surface area contributed by atoms with Crippen LogP contribution in [-0.4, -0.2) is 25.0 Å². The van der Waals surface area contributed by atoms with Crippen LogP contribution in [0.15, 0.2) is 16.7 Å². The molecule has 1 atom stereocenters. The van der Waals surface area contributed by atoms with Crippen molar-refractivity contribution >= 4 is 0 Å². The van der Waals surface area contributed by atoms with Gasteiger partial charge in [-0.2, -0.15) is 0 Å². The first kappa shape index (κ1) is 11.7. The molecule has 0 aromatic carbocycles. The molecule has 1 aromatic heterocycles. The molecule has 3 heteroatoms. The highest BCUT2D eigenvalue weighted by molar-refractivity contribution is 5.12. The lowest BCUT2D eigenvalue weighted by atomic mass is 10.2. The molecule has 1 saturated carbocycles. The standard InChI is InChI=1S/C13H22N2O/c1-10(12-4-5-12)15(3)8-13-6-11(7-14-2)9-16-13/h6,9-10,12,14H,4-5,7-8H2,1-3H3. The number of hydrogen-bond acceptors (Lipinski definition) is 3. The molecule has 1 unspecified atom stereocenters. The van der Waals surface area contributed by atoms with E-state index in [0.717, 1.165) is 24.8 Å². The first-order valence-electron chi connectivity index (χ1n) is 6.12. The van der Waals surface area contributed by atoms with Gasteiger partial charge in [0.1, 0.15) is 5.76 Å². The zero-order chi connectivity index (χ0) is 11.5. The summed E-state index contributed by atoms with van der Waals surface area (Å²) in [6.07, 6.45) is 4.64. The lowest BCUT2D eigenvalue weighted by Gasteiger charge is -2.23. The summed E-state index contributed by atoms with van der Waals surface area (Å²) in [4.78, 5) is 2.39. The Labute approximate surface area is 97.8 Å². The van der Waals surface area contributed by atoms with E-state index >= 15 is 0 Å². The Morgan fingerprint density at radius 1 is 1.56 bits per heavy atom. The van der Waals surface area contributed by atoms with Gasteiger partial charge in [0.05, 0.1) is 12.8 Å². The Balaban J connectivity index is 1.86. The van der Waals surface area contributed by atoms with Gasteiger partial charge < -0.3 is 9.73 Å². The van der Waals surface area contributed by atoms with Gasteiger partial charge in [-0.05, 0) is 45.8 Å². The van der Waals surface area contributed by atoms with E-state index in [1.165, 1.54) is 18.4 Å². The number of furan rings is 1. The van der Waals surface area contributed by atoms with Crippen LogP contribution in [0.3, 0.4) is 0 Å². The minimum atomic E-state index is 0.679. The summed E-state index contributed by atoms with van der Waals surface area (Å²) in [5.41, 5.74) is 1.23. The van der Waals surface area contributed by atoms with E-state index in [1.54, 1.807) is 0 Å². The summed E-state index contributed by atoms with van der Waals surface area (Å²) >= 11 is 0. The quantitative estimate of drug-likeness (QED) is 0.800. The molecule has 0 amide bonds. The van der Waals surface area contributed by atoms with Gasteiger partial charge >= 0.3 is 0 Å². The highest BCUT2D eigenvalue weighted by Crippen LogP contribution is 2.35. The lowest BCUT2D eigenvalue weighted by molar-refractivity contribution is 0.210. The summed E-state index contributed by atoms with van der Waals surface area (Å²) in [6, 6.07) is 2.82. The highest BCUT2D eigenvalue weighted by Gasteiger charge is 2.30. The fraction of sp³-hybridized carbons (Fsp3) is 0.692. The largest absolute Gasteiger partial charge is 0.468 e. The molecule has 90 valence electrons. The lowest BCUT2D eigenvalue weighted by Crippen LogP contribution is -2.30. The maximum Gasteiger partial charge on any atom is 0.118 e. The highest BCUT2D eigenvalue weighted by atomic mass is 16.3. The van der Waals surface area contributed by atoms with Crippen LogP contribution in [0.1, 0.15) is 31.1 Å². The molecule has 0 bridgehead atoms. The van der Waals surface area contributed by atoms with Gasteiger partial charge in [0.2, 0.25) is 0 Å². The van der Waals surface area contributed by atoms with Crippen LogP contribution in [0.2, 0.25) is 0 Å². The zero-order valence-corrected chi connectivity index (χ0v) is 10.5. The minimum Gasteiger partial charge on any atom is -0.468 e. The van der Waals surface area contributed by atoms with Crippen LogP contribution in [0, 0.1) is 5.92 Å². The molecule has 1 aromatic rings. The van der Waals surface area contributed by atoms with Crippen LogP contribution in [0.5, 0.6) is 0 Å². The van der Waals surface area contributed by atoms with Gasteiger partial charge in [-0.1, -0.05) is 0 Å². The number of nitrogens with one attached hydrogen (secondary N) is 1. The molecule has 2 rings (SSSR count). The Kier molecular flexibility index (Phi) is 3.66. The van der Waals surface area contributed by atoms with E-state index in [1.807, 2.05) is 13.3 Å². The van der Waals surface area contributed by atoms with Crippen molar-refractivity contribution in [3.05, 3.63) is 23.7 Å². The first-order chi connectivity index (χ1) is 7.70. The van der Waals surface area contributed by atoms with Gasteiger partial charge in [0, 0.05) is 18.2 Å². The Morgan fingerprint density at radius 3 is 2.94 bits per heavy atom. The van der Waals surface area contributed by atoms with Crippen molar-refractivity contribution in [3.63, 3.8) is 0 Å². The minimum absolute atomic E-state index is 0.679. The van der Waals surface area contributed by atoms with Gasteiger partial charge in [-0.3, -0.25) is 4.90 Å². The third kappa shape index (κ3) is 2.86. The second kappa shape index (κ2) is 5.02. The normalized spacial score (nSPS) is 18.0. The van der Waals surface area contributed by atoms with Crippen molar-refractivity contribution < 1.29 is 4.42 Å². The molecule has 1 N–H and O–H groups in total. The predicted octanol–water partition coefficient (Wildman–Crippen LogP) is 2.23. The topological polar surface area (TPSA) is 28.4 Å². The van der Waals surface area contributed by atoms with Gasteiger partial charge in [-0.15, -0.1) is 0 Å². The second-order valence-corrected chi connectivity index (χ2v) is 4.94. The molecule has 0 spiro atoms. The SMILES string of the molecule is CNCc1coc(CN(C)C(C)C2CC2)c1. The third-order valence-electron chi connectivity index (χ3n) is 3.49. The summed E-state index contributed by atoms with van der Waals surface area (Å²) < 4.78 is 5.56. The molecule has 1 fully saturated rings. The fourth-order valence-electron chi connectivity index (χ4n) is 2.13. The van der Waals surface area contributed by atoms with Crippen molar-refractivity contribution in [3.8, 4) is 0 Å². The average molecular weight is 222 g/mol. The predicted molar refractivity (Wildman–Crippen MR) is 65.1 cm³/mol. The summed E-state index contributed by atoms with van der Waals surface area (Å²) in [5.74, 6) is 1.98. The fourth-order valence-corrected chi connectivity index (χ4v) is 2.13. The smallest absolute Gasteiger partial charge is 0.118 e. The van der Waals surface area contributed by atoms with Gasteiger partial charge in [-0.25, -0.2) is 0 Å². The van der Waals surface area contributed by atoms with E-state index in [-0.39, 0.29) is 0 Å². The Bertz CT molecular complexity index is 330. The van der Waals surface area contributed by atoms with Crippen molar-refractivity contribution in [2.45, 2.75) is 38.9 Å². The van der Waals surface area contributed by atoms with Crippen LogP contribution in [-0.2, 0) is 13.1 Å². The summed E-state index contributed by atoms with van der Waals surface area (Å²) in [5, 5.41) is 3.13. The molecule has 1 heterocycles. The molecule has 1 aliphatic carbocycles. The molecular weight excluding hydrogens is 200 g/mol. The number of nitrogens with zero attached hydrogens (tertiary/aromatic N) is 1. The summed E-state index contributed by atoms with van der Waals surface area (Å²) in [6.45, 7) is 4.11. The molecule has 3 nitrogen and oxygen atoms in total. The number of hydrogen-bond donors (Lipinski definition) is 1. The Morgan fingerprint density at radius 2 is 2.31 bits per heavy atom. The molecule has 16 heavy (non-hydrogen) atoms. The van der Waals surface area contributed by atoms with E-state index in [0.29, 0.717) is 6.04 Å². The van der Waals surface area contributed by atoms with E-state index in [9.17, 15) is 0 Å². The summed E-state index contributed by atoms with van der Waals surface area (Å²) in [7, 11) is 4.14. The van der Waals surface area contributed by atoms with Crippen LogP contribution >= 0.6 is 0 Å². The molecule has 0 aliphatic heterocycles. The van der Waals surface area contributed by atoms with Crippen molar-refractivity contribution in [2.24, 2.45) is 5.92 Å². The second-order valence-electron chi connectivity index (χ2n) is 4.94. The maximum absolute atomic E-state index is 5.56. The van der Waals surface area contributed by atoms with E-state index in [2.05, 4.69) is 30.3 Å². The average Bonchev–Trinajstić information content (AvgIpc) is 3.02. The molecular formula is C13H22N2O. The Hall–Kier alpha value is -0.800. The molecule has 0 radical (unpaired) electrons. The van der Waals surface area contributed by atoms with Gasteiger partial charge in [0.25, 0.3) is 0 Å². The van der Waals surface area contributed by atoms with Crippen LogP contribution in [0.4, 0.5) is 0 Å². The van der Waals surface area contributed by atoms with Crippen molar-refractivity contribution in [2.75, 3.05) is 14.1 Å². The first-order valence-corrected chi connectivity index (χ1v) is 6.12. The van der Waals surface area contributed by atoms with E-state index in [4.69, 9.17) is 4.42 Å². The monoisotopic (exact) mass is 222 g/mol. The van der Waals surface area contributed by atoms with Crippen LogP contribution in [0.25, 0.3) is 0 Å². The molecule has 1 aliphatic rings. The van der Waals surface area contributed by atoms with E-state index < -0.39 is 0 Å². The van der Waals surface area contributed by atoms with Crippen LogP contribution < -0.4 is 5.32 Å². The van der Waals surface area contributed by atoms with Crippen molar-refractivity contribution in [1.29, 1.82) is 0 Å². The van der Waals surface area contributed by atoms with Gasteiger partial charge in [0.15, 0.2) is 0 Å². The zero-order valence-electron chi connectivity index (χ0n) is 10.5.